The van der Waals surface area contributed by atoms with Crippen molar-refractivity contribution in [2.75, 3.05) is 0 Å². The van der Waals surface area contributed by atoms with Crippen LogP contribution in [0.15, 0.2) is 190 Å². The second kappa shape index (κ2) is 15.4. The third kappa shape index (κ3) is 7.32. The van der Waals surface area contributed by atoms with E-state index in [1.54, 1.807) is 0 Å². The molecule has 2 aliphatic rings. The third-order valence-corrected chi connectivity index (χ3v) is 11.1. The summed E-state index contributed by atoms with van der Waals surface area (Å²) in [5, 5.41) is 1.12. The fourth-order valence-electron chi connectivity index (χ4n) is 7.85. The van der Waals surface area contributed by atoms with Crippen molar-refractivity contribution >= 4 is 22.3 Å². The number of pyridine rings is 1. The third-order valence-electron chi connectivity index (χ3n) is 11.1. The molecule has 0 fully saturated rings. The summed E-state index contributed by atoms with van der Waals surface area (Å²) in [6.45, 7) is 8.80. The van der Waals surface area contributed by atoms with Crippen LogP contribution in [0.4, 0.5) is 0 Å². The minimum absolute atomic E-state index is 0.464. The van der Waals surface area contributed by atoms with Crippen molar-refractivity contribution in [1.82, 2.24) is 15.0 Å². The van der Waals surface area contributed by atoms with E-state index in [0.29, 0.717) is 11.7 Å². The van der Waals surface area contributed by atoms with Gasteiger partial charge in [-0.25, -0.2) is 15.0 Å². The number of para-hydroxylation sites is 1. The predicted molar refractivity (Wildman–Crippen MR) is 237 cm³/mol. The second-order valence-electron chi connectivity index (χ2n) is 15.2. The fraction of sp³-hybridized carbons (Fsp3) is 0.135. The van der Waals surface area contributed by atoms with Crippen LogP contribution in [0.25, 0.3) is 67.1 Å². The first-order valence-corrected chi connectivity index (χ1v) is 19.7. The number of aliphatic imine (C=N–C) groups is 2. The molecule has 0 amide bonds. The zero-order valence-electron chi connectivity index (χ0n) is 32.7. The van der Waals surface area contributed by atoms with Crippen molar-refractivity contribution in [1.29, 1.82) is 0 Å². The topological polar surface area (TPSA) is 63.4 Å². The Morgan fingerprint density at radius 2 is 1.19 bits per heavy atom. The Morgan fingerprint density at radius 3 is 1.96 bits per heavy atom. The van der Waals surface area contributed by atoms with Crippen LogP contribution in [0, 0.1) is 5.92 Å². The molecule has 4 heterocycles. The summed E-state index contributed by atoms with van der Waals surface area (Å²) in [5.74, 6) is 1.15. The number of hydrogen-bond donors (Lipinski definition) is 0. The summed E-state index contributed by atoms with van der Waals surface area (Å²) in [5.41, 5.74) is 18.0. The maximum absolute atomic E-state index is 5.26. The number of nitrogens with zero attached hydrogens (tertiary/aromatic N) is 5. The Balaban J connectivity index is 1.07. The SMILES string of the molecule is CC1=NC(C2=C(C)CC=CC(c3ccc(-c4cccc(-c5cc(-c6cccc(-c7ccnc8ccccc78)c6)nc(-c6ccccc6)n5)c4)cc3)=N2)=C(C)[C@H](C)C1. The largest absolute Gasteiger partial charge is 0.256 e. The summed E-state index contributed by atoms with van der Waals surface area (Å²) >= 11 is 0. The van der Waals surface area contributed by atoms with E-state index in [1.165, 1.54) is 16.9 Å². The van der Waals surface area contributed by atoms with Gasteiger partial charge in [0, 0.05) is 39.5 Å². The summed E-state index contributed by atoms with van der Waals surface area (Å²) in [6.07, 6.45) is 8.11. The molecule has 2 aromatic heterocycles. The minimum atomic E-state index is 0.464. The molecule has 276 valence electrons. The summed E-state index contributed by atoms with van der Waals surface area (Å²) in [4.78, 5) is 25.1. The van der Waals surface area contributed by atoms with E-state index in [0.717, 1.165) is 96.7 Å². The highest BCUT2D eigenvalue weighted by Crippen LogP contribution is 2.36. The van der Waals surface area contributed by atoms with Crippen LogP contribution < -0.4 is 0 Å². The smallest absolute Gasteiger partial charge is 0.160 e. The van der Waals surface area contributed by atoms with Gasteiger partial charge in [0.15, 0.2) is 5.82 Å². The van der Waals surface area contributed by atoms with Crippen LogP contribution in [0.1, 0.15) is 46.1 Å². The van der Waals surface area contributed by atoms with Crippen molar-refractivity contribution in [3.8, 4) is 56.2 Å². The van der Waals surface area contributed by atoms with E-state index in [4.69, 9.17) is 20.0 Å². The number of rotatable bonds is 7. The van der Waals surface area contributed by atoms with Crippen molar-refractivity contribution in [2.45, 2.75) is 40.5 Å². The molecule has 0 bridgehead atoms. The number of benzene rings is 5. The molecule has 0 N–H and O–H groups in total. The quantitative estimate of drug-likeness (QED) is 0.164. The molecule has 7 aromatic rings. The average molecular weight is 738 g/mol. The Kier molecular flexibility index (Phi) is 9.65. The molecule has 1 atom stereocenters. The summed E-state index contributed by atoms with van der Waals surface area (Å²) < 4.78 is 0. The van der Waals surface area contributed by atoms with Crippen LogP contribution in [0.5, 0.6) is 0 Å². The monoisotopic (exact) mass is 737 g/mol. The van der Waals surface area contributed by atoms with Gasteiger partial charge in [-0.1, -0.05) is 122 Å². The molecule has 0 aliphatic carbocycles. The average Bonchev–Trinajstić information content (AvgIpc) is 3.46. The van der Waals surface area contributed by atoms with Gasteiger partial charge in [0.05, 0.1) is 34.0 Å². The van der Waals surface area contributed by atoms with E-state index in [9.17, 15) is 0 Å². The van der Waals surface area contributed by atoms with Crippen LogP contribution in [0.2, 0.25) is 0 Å². The molecule has 0 radical (unpaired) electrons. The Morgan fingerprint density at radius 1 is 0.544 bits per heavy atom. The van der Waals surface area contributed by atoms with Crippen molar-refractivity contribution in [2.24, 2.45) is 15.9 Å². The van der Waals surface area contributed by atoms with E-state index in [1.807, 2.05) is 30.5 Å². The Hall–Kier alpha value is -6.85. The predicted octanol–water partition coefficient (Wildman–Crippen LogP) is 13.2. The molecule has 0 saturated heterocycles. The van der Waals surface area contributed by atoms with Gasteiger partial charge in [-0.2, -0.15) is 0 Å². The van der Waals surface area contributed by atoms with E-state index < -0.39 is 0 Å². The van der Waals surface area contributed by atoms with Crippen LogP contribution >= 0.6 is 0 Å². The van der Waals surface area contributed by atoms with Crippen molar-refractivity contribution in [3.63, 3.8) is 0 Å². The van der Waals surface area contributed by atoms with E-state index in [2.05, 4.69) is 160 Å². The zero-order chi connectivity index (χ0) is 38.9. The number of aromatic nitrogens is 3. The van der Waals surface area contributed by atoms with Crippen LogP contribution in [-0.2, 0) is 0 Å². The van der Waals surface area contributed by atoms with Gasteiger partial charge < -0.3 is 0 Å². The highest BCUT2D eigenvalue weighted by atomic mass is 14.9. The molecule has 57 heavy (non-hydrogen) atoms. The molecular formula is C52H43N5. The lowest BCUT2D eigenvalue weighted by Crippen LogP contribution is -2.13. The van der Waals surface area contributed by atoms with Crippen molar-refractivity contribution in [3.05, 3.63) is 186 Å². The standard InChI is InChI=1S/C52H43N5/c1-33-13-10-22-46(55-50(33)51-36(4)34(2)29-35(3)54-51)38-25-23-37(24-26-38)40-16-11-18-42(30-40)48-32-49(57-52(56-48)39-14-6-5-7-15-39)43-19-12-17-41(31-43)44-27-28-53-47-21-9-8-20-45(44)47/h5-12,14-28,30-32,34H,13,29H2,1-4H3/t34-/m1/s1. The Labute approximate surface area is 334 Å². The van der Waals surface area contributed by atoms with Gasteiger partial charge in [-0.15, -0.1) is 0 Å². The normalized spacial score (nSPS) is 15.8. The summed E-state index contributed by atoms with van der Waals surface area (Å²) in [6, 6.07) is 48.7. The fourth-order valence-corrected chi connectivity index (χ4v) is 7.85. The van der Waals surface area contributed by atoms with Gasteiger partial charge in [-0.3, -0.25) is 9.98 Å². The molecule has 0 unspecified atom stereocenters. The minimum Gasteiger partial charge on any atom is -0.256 e. The maximum Gasteiger partial charge on any atom is 0.160 e. The molecular weight excluding hydrogens is 695 g/mol. The van der Waals surface area contributed by atoms with Gasteiger partial charge in [0.2, 0.25) is 0 Å². The van der Waals surface area contributed by atoms with Gasteiger partial charge in [0.25, 0.3) is 0 Å². The first-order valence-electron chi connectivity index (χ1n) is 19.7. The highest BCUT2D eigenvalue weighted by Gasteiger charge is 2.22. The Bertz CT molecular complexity index is 2820. The van der Waals surface area contributed by atoms with Crippen LogP contribution in [-0.4, -0.2) is 26.4 Å². The van der Waals surface area contributed by atoms with Gasteiger partial charge >= 0.3 is 0 Å². The lowest BCUT2D eigenvalue weighted by Gasteiger charge is -2.22. The summed E-state index contributed by atoms with van der Waals surface area (Å²) in [7, 11) is 0. The van der Waals surface area contributed by atoms with Crippen LogP contribution in [0.3, 0.4) is 0 Å². The van der Waals surface area contributed by atoms with Crippen molar-refractivity contribution < 1.29 is 0 Å². The number of hydrogen-bond acceptors (Lipinski definition) is 5. The molecule has 5 heteroatoms. The highest BCUT2D eigenvalue weighted by molar-refractivity contribution is 6.10. The molecule has 2 aliphatic heterocycles. The lowest BCUT2D eigenvalue weighted by molar-refractivity contribution is 0.687. The molecule has 5 aromatic carbocycles. The first kappa shape index (κ1) is 35.8. The second-order valence-corrected chi connectivity index (χ2v) is 15.2. The first-order chi connectivity index (χ1) is 27.9. The van der Waals surface area contributed by atoms with Gasteiger partial charge in [0.1, 0.15) is 0 Å². The molecule has 5 nitrogen and oxygen atoms in total. The van der Waals surface area contributed by atoms with Gasteiger partial charge in [-0.05, 0) is 109 Å². The van der Waals surface area contributed by atoms with E-state index in [-0.39, 0.29) is 0 Å². The zero-order valence-corrected chi connectivity index (χ0v) is 32.7. The molecule has 9 rings (SSSR count). The number of fused-ring (bicyclic) bond motifs is 1. The number of allylic oxidation sites excluding steroid dienone is 4. The van der Waals surface area contributed by atoms with E-state index >= 15 is 0 Å². The molecule has 0 saturated carbocycles. The lowest BCUT2D eigenvalue weighted by atomic mass is 9.90. The maximum atomic E-state index is 5.26. The molecule has 0 spiro atoms.